The van der Waals surface area contributed by atoms with Gasteiger partial charge < -0.3 is 5.11 Å². The van der Waals surface area contributed by atoms with E-state index in [9.17, 15) is 4.79 Å². The third-order valence-electron chi connectivity index (χ3n) is 0.300. The Kier molecular flexibility index (Phi) is 3.99. The average molecular weight is 324 g/mol. The minimum Gasteiger partial charge on any atom is -0.477 e. The summed E-state index contributed by atoms with van der Waals surface area (Å²) in [5.74, 6) is -0.866. The quantitative estimate of drug-likeness (QED) is 0.590. The van der Waals surface area contributed by atoms with Crippen LogP contribution in [-0.4, -0.2) is 11.1 Å². The lowest BCUT2D eigenvalue weighted by molar-refractivity contribution is -0.131. The molecule has 0 bridgehead atoms. The Balaban J connectivity index is 3.82. The third kappa shape index (κ3) is 3.27. The average Bonchev–Trinajstić information content (AvgIpc) is 1.65. The summed E-state index contributed by atoms with van der Waals surface area (Å²) in [6, 6.07) is 0. The van der Waals surface area contributed by atoms with Crippen molar-refractivity contribution in [3.05, 3.63) is 7.66 Å². The van der Waals surface area contributed by atoms with Crippen LogP contribution in [0.15, 0.2) is 7.66 Å². The van der Waals surface area contributed by atoms with E-state index in [4.69, 9.17) is 5.11 Å². The topological polar surface area (TPSA) is 37.3 Å². The Labute approximate surface area is 68.3 Å². The fourth-order valence-electron chi connectivity index (χ4n) is 0.0467. The molecule has 0 aromatic carbocycles. The van der Waals surface area contributed by atoms with Gasteiger partial charge in [-0.1, -0.05) is 22.6 Å². The van der Waals surface area contributed by atoms with E-state index >= 15 is 0 Å². The van der Waals surface area contributed by atoms with E-state index in [1.165, 1.54) is 4.08 Å². The molecule has 0 rings (SSSR count). The molecule has 0 heterocycles. The molecule has 0 amide bonds. The van der Waals surface area contributed by atoms with Crippen LogP contribution < -0.4 is 0 Å². The summed E-state index contributed by atoms with van der Waals surface area (Å²) in [5.41, 5.74) is 0. The first kappa shape index (κ1) is 7.67. The maximum atomic E-state index is 9.85. The molecule has 0 aliphatic rings. The molecular formula is C3H2I2O2. The largest absolute Gasteiger partial charge is 0.477 e. The highest BCUT2D eigenvalue weighted by Crippen LogP contribution is 2.07. The zero-order valence-electron chi connectivity index (χ0n) is 3.19. The summed E-state index contributed by atoms with van der Waals surface area (Å²) >= 11 is 3.63. The Morgan fingerprint density at radius 2 is 2.14 bits per heavy atom. The standard InChI is InChI=1S/C3H2I2O2/c4-1-2(5)3(6)7/h1H,(H,6,7). The Morgan fingerprint density at radius 3 is 2.14 bits per heavy atom. The third-order valence-corrected chi connectivity index (χ3v) is 2.89. The maximum Gasteiger partial charge on any atom is 0.342 e. The van der Waals surface area contributed by atoms with Gasteiger partial charge in [0.25, 0.3) is 0 Å². The fourth-order valence-corrected chi connectivity index (χ4v) is 0.313. The molecule has 1 N–H and O–H groups in total. The Bertz CT molecular complexity index is 108. The number of carbonyl (C=O) groups is 1. The molecule has 0 unspecified atom stereocenters. The van der Waals surface area contributed by atoms with Crippen molar-refractivity contribution >= 4 is 51.2 Å². The normalized spacial score (nSPS) is 11.4. The SMILES string of the molecule is O=C(O)C(I)=CI. The molecule has 0 saturated heterocycles. The van der Waals surface area contributed by atoms with Gasteiger partial charge in [-0.05, 0) is 26.7 Å². The lowest BCUT2D eigenvalue weighted by atomic mass is 10.7. The van der Waals surface area contributed by atoms with E-state index in [0.717, 1.165) is 0 Å². The predicted octanol–water partition coefficient (Wildman–Crippen LogP) is 1.78. The first-order valence-corrected chi connectivity index (χ1v) is 3.70. The van der Waals surface area contributed by atoms with Gasteiger partial charge in [0.2, 0.25) is 0 Å². The molecule has 7 heavy (non-hydrogen) atoms. The molecule has 0 saturated carbocycles. The van der Waals surface area contributed by atoms with Crippen LogP contribution in [0.1, 0.15) is 0 Å². The zero-order valence-corrected chi connectivity index (χ0v) is 7.50. The molecule has 0 atom stereocenters. The summed E-state index contributed by atoms with van der Waals surface area (Å²) in [7, 11) is 0. The number of aliphatic carboxylic acids is 1. The number of carboxylic acid groups (broad SMARTS) is 1. The van der Waals surface area contributed by atoms with E-state index in [-0.39, 0.29) is 0 Å². The smallest absolute Gasteiger partial charge is 0.342 e. The zero-order chi connectivity index (χ0) is 5.86. The van der Waals surface area contributed by atoms with Crippen molar-refractivity contribution in [2.75, 3.05) is 0 Å². The van der Waals surface area contributed by atoms with Gasteiger partial charge >= 0.3 is 5.97 Å². The highest BCUT2D eigenvalue weighted by molar-refractivity contribution is 14.1. The monoisotopic (exact) mass is 324 g/mol. The van der Waals surface area contributed by atoms with Gasteiger partial charge in [-0.2, -0.15) is 0 Å². The molecule has 4 heteroatoms. The number of carboxylic acids is 1. The van der Waals surface area contributed by atoms with Crippen LogP contribution in [-0.2, 0) is 4.79 Å². The van der Waals surface area contributed by atoms with Crippen molar-refractivity contribution in [1.82, 2.24) is 0 Å². The highest BCUT2D eigenvalue weighted by atomic mass is 127. The Hall–Kier alpha value is 0.670. The van der Waals surface area contributed by atoms with Gasteiger partial charge in [0.1, 0.15) is 3.58 Å². The molecule has 40 valence electrons. The van der Waals surface area contributed by atoms with Gasteiger partial charge in [0, 0.05) is 0 Å². The van der Waals surface area contributed by atoms with Crippen molar-refractivity contribution in [3.8, 4) is 0 Å². The minimum atomic E-state index is -0.866. The molecule has 0 aromatic rings. The summed E-state index contributed by atoms with van der Waals surface area (Å²) in [4.78, 5) is 9.85. The second-order valence-corrected chi connectivity index (χ2v) is 2.55. The lowest BCUT2D eigenvalue weighted by Crippen LogP contribution is -1.90. The molecule has 0 spiro atoms. The van der Waals surface area contributed by atoms with E-state index in [1.54, 1.807) is 22.6 Å². The number of rotatable bonds is 1. The van der Waals surface area contributed by atoms with E-state index in [1.807, 2.05) is 22.6 Å². The Morgan fingerprint density at radius 1 is 1.71 bits per heavy atom. The van der Waals surface area contributed by atoms with Gasteiger partial charge in [0.15, 0.2) is 0 Å². The summed E-state index contributed by atoms with van der Waals surface area (Å²) < 4.78 is 1.86. The first-order chi connectivity index (χ1) is 3.18. The predicted molar refractivity (Wildman–Crippen MR) is 43.8 cm³/mol. The summed E-state index contributed by atoms with van der Waals surface area (Å²) in [5, 5.41) is 8.10. The fraction of sp³-hybridized carbons (Fsp3) is 0. The number of hydrogen-bond donors (Lipinski definition) is 1. The molecule has 0 aliphatic carbocycles. The van der Waals surface area contributed by atoms with Crippen molar-refractivity contribution in [1.29, 1.82) is 0 Å². The van der Waals surface area contributed by atoms with Crippen molar-refractivity contribution in [2.45, 2.75) is 0 Å². The van der Waals surface area contributed by atoms with Gasteiger partial charge in [0.05, 0.1) is 0 Å². The van der Waals surface area contributed by atoms with Crippen molar-refractivity contribution in [2.24, 2.45) is 0 Å². The van der Waals surface area contributed by atoms with E-state index in [0.29, 0.717) is 3.58 Å². The summed E-state index contributed by atoms with van der Waals surface area (Å²) in [6.07, 6.45) is 0. The van der Waals surface area contributed by atoms with Crippen LogP contribution in [0.25, 0.3) is 0 Å². The lowest BCUT2D eigenvalue weighted by Gasteiger charge is -1.80. The van der Waals surface area contributed by atoms with Gasteiger partial charge in [-0.3, -0.25) is 0 Å². The van der Waals surface area contributed by atoms with Gasteiger partial charge in [-0.15, -0.1) is 0 Å². The molecule has 0 radical (unpaired) electrons. The van der Waals surface area contributed by atoms with Crippen LogP contribution in [0.3, 0.4) is 0 Å². The minimum absolute atomic E-state index is 0.346. The van der Waals surface area contributed by atoms with E-state index in [2.05, 4.69) is 0 Å². The van der Waals surface area contributed by atoms with Crippen LogP contribution in [0.4, 0.5) is 0 Å². The second kappa shape index (κ2) is 3.65. The second-order valence-electron chi connectivity index (χ2n) is 0.762. The first-order valence-electron chi connectivity index (χ1n) is 1.37. The summed E-state index contributed by atoms with van der Waals surface area (Å²) in [6.45, 7) is 0. The molecule has 2 nitrogen and oxygen atoms in total. The molecular weight excluding hydrogens is 322 g/mol. The van der Waals surface area contributed by atoms with E-state index < -0.39 is 5.97 Å². The van der Waals surface area contributed by atoms with Crippen molar-refractivity contribution in [3.63, 3.8) is 0 Å². The molecule has 0 aromatic heterocycles. The van der Waals surface area contributed by atoms with Crippen LogP contribution in [0.5, 0.6) is 0 Å². The maximum absolute atomic E-state index is 9.85. The van der Waals surface area contributed by atoms with Crippen LogP contribution in [0, 0.1) is 0 Å². The van der Waals surface area contributed by atoms with Crippen molar-refractivity contribution < 1.29 is 9.90 Å². The molecule has 0 aliphatic heterocycles. The molecule has 0 fully saturated rings. The van der Waals surface area contributed by atoms with Crippen LogP contribution in [0.2, 0.25) is 0 Å². The van der Waals surface area contributed by atoms with Gasteiger partial charge in [-0.25, -0.2) is 4.79 Å². The number of halogens is 2. The number of hydrogen-bond acceptors (Lipinski definition) is 1. The van der Waals surface area contributed by atoms with Crippen LogP contribution >= 0.6 is 45.2 Å². The highest BCUT2D eigenvalue weighted by Gasteiger charge is 1.96.